The summed E-state index contributed by atoms with van der Waals surface area (Å²) in [5.74, 6) is -5.92. The molecule has 0 saturated heterocycles. The Bertz CT molecular complexity index is 364. The van der Waals surface area contributed by atoms with Gasteiger partial charge in [0.15, 0.2) is 11.6 Å². The smallest absolute Gasteiger partial charge is 0.205 e. The molecule has 0 bridgehead atoms. The van der Waals surface area contributed by atoms with E-state index < -0.39 is 29.0 Å². The monoisotopic (exact) mass is 220 g/mol. The summed E-state index contributed by atoms with van der Waals surface area (Å²) in [5, 5.41) is 9.45. The Balaban J connectivity index is 3.05. The van der Waals surface area contributed by atoms with E-state index in [0.29, 0.717) is 12.1 Å². The van der Waals surface area contributed by atoms with Crippen LogP contribution >= 0.6 is 0 Å². The molecule has 1 N–H and O–H groups in total. The van der Waals surface area contributed by atoms with Gasteiger partial charge in [-0.15, -0.1) is 0 Å². The van der Waals surface area contributed by atoms with E-state index in [-0.39, 0.29) is 6.42 Å². The van der Waals surface area contributed by atoms with Crippen molar-refractivity contribution < 1.29 is 23.0 Å². The molecule has 0 radical (unpaired) electrons. The molecule has 0 aromatic heterocycles. The fourth-order valence-corrected chi connectivity index (χ4v) is 0.916. The summed E-state index contributed by atoms with van der Waals surface area (Å²) in [6.07, 6.45) is 0.157. The highest BCUT2D eigenvalue weighted by molar-refractivity contribution is 5.26. The second kappa shape index (κ2) is 4.10. The molecule has 1 unspecified atom stereocenters. The fourth-order valence-electron chi connectivity index (χ4n) is 0.916. The first-order valence-corrected chi connectivity index (χ1v) is 4.41. The largest absolute Gasteiger partial charge is 0.460 e. The lowest BCUT2D eigenvalue weighted by molar-refractivity contribution is -0.125. The van der Waals surface area contributed by atoms with Crippen LogP contribution in [-0.4, -0.2) is 10.9 Å². The highest BCUT2D eigenvalue weighted by Gasteiger charge is 2.23. The van der Waals surface area contributed by atoms with E-state index in [2.05, 4.69) is 0 Å². The molecular formula is C10H11F3O2. The second-order valence-electron chi connectivity index (χ2n) is 3.33. The topological polar surface area (TPSA) is 29.5 Å². The molecule has 2 nitrogen and oxygen atoms in total. The Labute approximate surface area is 85.3 Å². The maximum Gasteiger partial charge on any atom is 0.205 e. The third-order valence-electron chi connectivity index (χ3n) is 1.95. The molecule has 1 aromatic rings. The second-order valence-corrected chi connectivity index (χ2v) is 3.33. The molecule has 1 rings (SSSR count). The quantitative estimate of drug-likeness (QED) is 0.626. The molecule has 1 atom stereocenters. The van der Waals surface area contributed by atoms with Crippen molar-refractivity contribution in [2.75, 3.05) is 0 Å². The first-order chi connectivity index (χ1) is 6.85. The average molecular weight is 220 g/mol. The Morgan fingerprint density at radius 3 is 2.47 bits per heavy atom. The van der Waals surface area contributed by atoms with Gasteiger partial charge in [0.05, 0.1) is 0 Å². The van der Waals surface area contributed by atoms with Gasteiger partial charge < -0.3 is 9.84 Å². The predicted octanol–water partition coefficient (Wildman–Crippen LogP) is 2.60. The highest BCUT2D eigenvalue weighted by Crippen LogP contribution is 2.25. The summed E-state index contributed by atoms with van der Waals surface area (Å²) in [7, 11) is 0. The maximum absolute atomic E-state index is 13.1. The van der Waals surface area contributed by atoms with Crippen LogP contribution in [0.4, 0.5) is 13.2 Å². The molecule has 0 amide bonds. The number of halogens is 3. The molecule has 0 spiro atoms. The van der Waals surface area contributed by atoms with Gasteiger partial charge in [-0.05, 0) is 0 Å². The minimum atomic E-state index is -1.65. The van der Waals surface area contributed by atoms with Crippen molar-refractivity contribution >= 4 is 0 Å². The van der Waals surface area contributed by atoms with Gasteiger partial charge in [0.2, 0.25) is 11.6 Å². The molecule has 0 aliphatic carbocycles. The lowest BCUT2D eigenvalue weighted by Crippen LogP contribution is -2.31. The van der Waals surface area contributed by atoms with E-state index in [1.165, 1.54) is 6.92 Å². The number of hydrogen-bond acceptors (Lipinski definition) is 2. The molecule has 0 aliphatic heterocycles. The molecule has 0 heterocycles. The lowest BCUT2D eigenvalue weighted by Gasteiger charge is -2.23. The van der Waals surface area contributed by atoms with E-state index in [1.54, 1.807) is 6.92 Å². The van der Waals surface area contributed by atoms with Crippen molar-refractivity contribution in [1.29, 1.82) is 0 Å². The normalized spacial score (nSPS) is 14.8. The Kier molecular flexibility index (Phi) is 3.24. The van der Waals surface area contributed by atoms with Gasteiger partial charge in [-0.2, -0.15) is 4.39 Å². The molecule has 0 aliphatic rings. The number of benzene rings is 1. The van der Waals surface area contributed by atoms with Gasteiger partial charge in [0.25, 0.3) is 0 Å². The first-order valence-electron chi connectivity index (χ1n) is 4.41. The summed E-state index contributed by atoms with van der Waals surface area (Å²) in [6.45, 7) is 2.86. The van der Waals surface area contributed by atoms with Crippen molar-refractivity contribution in [3.8, 4) is 5.75 Å². The van der Waals surface area contributed by atoms with Crippen LogP contribution in [0.1, 0.15) is 20.3 Å². The van der Waals surface area contributed by atoms with E-state index in [9.17, 15) is 18.3 Å². The summed E-state index contributed by atoms with van der Waals surface area (Å²) in [6, 6.07) is 1.09. The van der Waals surface area contributed by atoms with E-state index in [0.717, 1.165) is 0 Å². The van der Waals surface area contributed by atoms with Crippen LogP contribution < -0.4 is 4.74 Å². The Morgan fingerprint density at radius 2 is 1.93 bits per heavy atom. The standard InChI is InChI=1S/C10H11F3O2/c1-3-10(2,14)15-8-5-6(11)4-7(12)9(8)13/h4-5,14H,3H2,1-2H3. The highest BCUT2D eigenvalue weighted by atomic mass is 19.2. The lowest BCUT2D eigenvalue weighted by atomic mass is 10.2. The van der Waals surface area contributed by atoms with Crippen LogP contribution in [0.25, 0.3) is 0 Å². The van der Waals surface area contributed by atoms with Crippen LogP contribution in [0.2, 0.25) is 0 Å². The van der Waals surface area contributed by atoms with E-state index in [4.69, 9.17) is 4.74 Å². The summed E-state index contributed by atoms with van der Waals surface area (Å²) in [4.78, 5) is 0. The molecule has 15 heavy (non-hydrogen) atoms. The van der Waals surface area contributed by atoms with Crippen LogP contribution in [-0.2, 0) is 0 Å². The molecule has 5 heteroatoms. The molecular weight excluding hydrogens is 209 g/mol. The van der Waals surface area contributed by atoms with Gasteiger partial charge >= 0.3 is 0 Å². The van der Waals surface area contributed by atoms with Gasteiger partial charge in [-0.3, -0.25) is 0 Å². The third kappa shape index (κ3) is 2.86. The van der Waals surface area contributed by atoms with Crippen molar-refractivity contribution in [2.24, 2.45) is 0 Å². The van der Waals surface area contributed by atoms with Crippen molar-refractivity contribution in [1.82, 2.24) is 0 Å². The molecule has 0 fully saturated rings. The summed E-state index contributed by atoms with van der Waals surface area (Å²) < 4.78 is 43.3. The zero-order valence-electron chi connectivity index (χ0n) is 8.35. The van der Waals surface area contributed by atoms with Crippen LogP contribution in [0.15, 0.2) is 12.1 Å². The minimum absolute atomic E-state index is 0.157. The Morgan fingerprint density at radius 1 is 1.33 bits per heavy atom. The van der Waals surface area contributed by atoms with Gasteiger partial charge in [0.1, 0.15) is 5.82 Å². The number of hydrogen-bond donors (Lipinski definition) is 1. The SMILES string of the molecule is CCC(C)(O)Oc1cc(F)cc(F)c1F. The van der Waals surface area contributed by atoms with Crippen molar-refractivity contribution in [2.45, 2.75) is 26.1 Å². The summed E-state index contributed by atoms with van der Waals surface area (Å²) >= 11 is 0. The van der Waals surface area contributed by atoms with Gasteiger partial charge in [-0.1, -0.05) is 6.92 Å². The number of rotatable bonds is 3. The predicted molar refractivity (Wildman–Crippen MR) is 47.9 cm³/mol. The molecule has 84 valence electrons. The Hall–Kier alpha value is -1.23. The maximum atomic E-state index is 13.1. The van der Waals surface area contributed by atoms with Crippen LogP contribution in [0.3, 0.4) is 0 Å². The van der Waals surface area contributed by atoms with Crippen LogP contribution in [0, 0.1) is 17.5 Å². The van der Waals surface area contributed by atoms with Gasteiger partial charge in [0, 0.05) is 25.5 Å². The zero-order chi connectivity index (χ0) is 11.6. The third-order valence-corrected chi connectivity index (χ3v) is 1.95. The molecule has 0 saturated carbocycles. The van der Waals surface area contributed by atoms with Crippen LogP contribution in [0.5, 0.6) is 5.75 Å². The minimum Gasteiger partial charge on any atom is -0.460 e. The zero-order valence-corrected chi connectivity index (χ0v) is 8.35. The average Bonchev–Trinajstić information content (AvgIpc) is 2.13. The summed E-state index contributed by atoms with van der Waals surface area (Å²) in [5.41, 5.74) is 0. The van der Waals surface area contributed by atoms with Crippen molar-refractivity contribution in [3.63, 3.8) is 0 Å². The number of ether oxygens (including phenoxy) is 1. The van der Waals surface area contributed by atoms with Gasteiger partial charge in [-0.25, -0.2) is 8.78 Å². The van der Waals surface area contributed by atoms with Crippen molar-refractivity contribution in [3.05, 3.63) is 29.6 Å². The van der Waals surface area contributed by atoms with E-state index in [1.807, 2.05) is 0 Å². The fraction of sp³-hybridized carbons (Fsp3) is 0.400. The van der Waals surface area contributed by atoms with E-state index >= 15 is 0 Å². The number of aliphatic hydroxyl groups is 1. The first kappa shape index (κ1) is 11.8. The molecule has 1 aromatic carbocycles.